The zero-order valence-electron chi connectivity index (χ0n) is 9.66. The minimum Gasteiger partial charge on any atom is -0.481 e. The molecule has 3 heteroatoms. The second-order valence-electron chi connectivity index (χ2n) is 4.26. The average molecular weight is 209 g/mol. The van der Waals surface area contributed by atoms with Crippen LogP contribution in [0.3, 0.4) is 0 Å². The Morgan fingerprint density at radius 2 is 1.93 bits per heavy atom. The predicted molar refractivity (Wildman–Crippen MR) is 59.9 cm³/mol. The van der Waals surface area contributed by atoms with Crippen molar-refractivity contribution in [2.45, 2.75) is 40.2 Å². The van der Waals surface area contributed by atoms with Crippen LogP contribution >= 0.6 is 0 Å². The molecule has 1 aromatic rings. The van der Waals surface area contributed by atoms with Gasteiger partial charge in [-0.25, -0.2) is 0 Å². The van der Waals surface area contributed by atoms with Gasteiger partial charge >= 0.3 is 5.97 Å². The lowest BCUT2D eigenvalue weighted by atomic mass is 10.1. The molecule has 0 amide bonds. The first-order valence-electron chi connectivity index (χ1n) is 5.35. The molecule has 0 aliphatic rings. The standard InChI is InChI=1S/C12H19NO2/c1-9(4-7-12(14)15)8-13-10(2)5-6-11(13)3/h5-6,9H,4,7-8H2,1-3H3,(H,14,15). The van der Waals surface area contributed by atoms with Gasteiger partial charge in [0.15, 0.2) is 0 Å². The van der Waals surface area contributed by atoms with E-state index in [1.807, 2.05) is 0 Å². The number of hydrogen-bond donors (Lipinski definition) is 1. The van der Waals surface area contributed by atoms with Gasteiger partial charge in [-0.3, -0.25) is 4.79 Å². The van der Waals surface area contributed by atoms with Gasteiger partial charge in [0.1, 0.15) is 0 Å². The van der Waals surface area contributed by atoms with Crippen molar-refractivity contribution in [3.8, 4) is 0 Å². The van der Waals surface area contributed by atoms with Crippen LogP contribution in [0.4, 0.5) is 0 Å². The molecule has 0 saturated carbocycles. The minimum absolute atomic E-state index is 0.264. The molecule has 0 aromatic carbocycles. The summed E-state index contributed by atoms with van der Waals surface area (Å²) in [6.45, 7) is 7.17. The van der Waals surface area contributed by atoms with Gasteiger partial charge in [-0.05, 0) is 38.3 Å². The molecular weight excluding hydrogens is 190 g/mol. The number of aryl methyl sites for hydroxylation is 2. The Labute approximate surface area is 90.7 Å². The van der Waals surface area contributed by atoms with Crippen molar-refractivity contribution >= 4 is 5.97 Å². The first-order chi connectivity index (χ1) is 7.00. The van der Waals surface area contributed by atoms with Gasteiger partial charge in [0.2, 0.25) is 0 Å². The van der Waals surface area contributed by atoms with E-state index in [0.717, 1.165) is 13.0 Å². The summed E-state index contributed by atoms with van der Waals surface area (Å²) in [5.41, 5.74) is 2.49. The number of aliphatic carboxylic acids is 1. The first-order valence-corrected chi connectivity index (χ1v) is 5.35. The highest BCUT2D eigenvalue weighted by molar-refractivity contribution is 5.66. The highest BCUT2D eigenvalue weighted by Gasteiger charge is 2.08. The zero-order valence-corrected chi connectivity index (χ0v) is 9.66. The van der Waals surface area contributed by atoms with Crippen LogP contribution in [-0.2, 0) is 11.3 Å². The van der Waals surface area contributed by atoms with Crippen LogP contribution in [-0.4, -0.2) is 15.6 Å². The van der Waals surface area contributed by atoms with Gasteiger partial charge in [-0.1, -0.05) is 6.92 Å². The summed E-state index contributed by atoms with van der Waals surface area (Å²) in [7, 11) is 0. The molecule has 0 spiro atoms. The molecule has 1 heterocycles. The van der Waals surface area contributed by atoms with Crippen LogP contribution in [0.1, 0.15) is 31.2 Å². The van der Waals surface area contributed by atoms with Crippen molar-refractivity contribution in [3.63, 3.8) is 0 Å². The maximum atomic E-state index is 10.4. The third kappa shape index (κ3) is 3.42. The quantitative estimate of drug-likeness (QED) is 0.810. The van der Waals surface area contributed by atoms with E-state index in [-0.39, 0.29) is 6.42 Å². The second kappa shape index (κ2) is 5.01. The summed E-state index contributed by atoms with van der Waals surface area (Å²) in [5.74, 6) is -0.298. The molecule has 15 heavy (non-hydrogen) atoms. The topological polar surface area (TPSA) is 42.2 Å². The number of carbonyl (C=O) groups is 1. The molecule has 0 fully saturated rings. The summed E-state index contributed by atoms with van der Waals surface area (Å²) in [6, 6.07) is 4.19. The van der Waals surface area contributed by atoms with Gasteiger partial charge in [-0.15, -0.1) is 0 Å². The van der Waals surface area contributed by atoms with E-state index in [2.05, 4.69) is 37.5 Å². The Hall–Kier alpha value is -1.25. The highest BCUT2D eigenvalue weighted by atomic mass is 16.4. The molecule has 0 bridgehead atoms. The number of carboxylic acid groups (broad SMARTS) is 1. The molecule has 1 N–H and O–H groups in total. The monoisotopic (exact) mass is 209 g/mol. The maximum absolute atomic E-state index is 10.4. The Morgan fingerprint density at radius 1 is 1.40 bits per heavy atom. The van der Waals surface area contributed by atoms with Crippen molar-refractivity contribution in [1.82, 2.24) is 4.57 Å². The van der Waals surface area contributed by atoms with Crippen molar-refractivity contribution < 1.29 is 9.90 Å². The van der Waals surface area contributed by atoms with E-state index in [1.165, 1.54) is 11.4 Å². The Kier molecular flexibility index (Phi) is 3.95. The van der Waals surface area contributed by atoms with E-state index < -0.39 is 5.97 Å². The van der Waals surface area contributed by atoms with Crippen LogP contribution in [0.25, 0.3) is 0 Å². The normalized spacial score (nSPS) is 12.7. The maximum Gasteiger partial charge on any atom is 0.303 e. The smallest absolute Gasteiger partial charge is 0.303 e. The van der Waals surface area contributed by atoms with Crippen molar-refractivity contribution in [2.24, 2.45) is 5.92 Å². The first kappa shape index (κ1) is 11.8. The number of hydrogen-bond acceptors (Lipinski definition) is 1. The van der Waals surface area contributed by atoms with E-state index >= 15 is 0 Å². The summed E-state index contributed by atoms with van der Waals surface area (Å²) < 4.78 is 2.24. The molecule has 0 radical (unpaired) electrons. The fourth-order valence-corrected chi connectivity index (χ4v) is 1.76. The molecule has 1 rings (SSSR count). The lowest BCUT2D eigenvalue weighted by Crippen LogP contribution is -2.11. The van der Waals surface area contributed by atoms with Gasteiger partial charge in [-0.2, -0.15) is 0 Å². The summed E-state index contributed by atoms with van der Waals surface area (Å²) in [4.78, 5) is 10.4. The molecule has 3 nitrogen and oxygen atoms in total. The van der Waals surface area contributed by atoms with Crippen molar-refractivity contribution in [1.29, 1.82) is 0 Å². The largest absolute Gasteiger partial charge is 0.481 e. The fraction of sp³-hybridized carbons (Fsp3) is 0.583. The molecule has 0 aliphatic heterocycles. The molecule has 1 unspecified atom stereocenters. The fourth-order valence-electron chi connectivity index (χ4n) is 1.76. The van der Waals surface area contributed by atoms with Crippen LogP contribution in [0.15, 0.2) is 12.1 Å². The van der Waals surface area contributed by atoms with E-state index in [0.29, 0.717) is 5.92 Å². The van der Waals surface area contributed by atoms with Crippen molar-refractivity contribution in [2.75, 3.05) is 0 Å². The Balaban J connectivity index is 2.51. The Morgan fingerprint density at radius 3 is 2.40 bits per heavy atom. The second-order valence-corrected chi connectivity index (χ2v) is 4.26. The highest BCUT2D eigenvalue weighted by Crippen LogP contribution is 2.14. The third-order valence-electron chi connectivity index (χ3n) is 2.76. The predicted octanol–water partition coefficient (Wildman–Crippen LogP) is 2.61. The van der Waals surface area contributed by atoms with E-state index in [9.17, 15) is 4.79 Å². The molecular formula is C12H19NO2. The van der Waals surface area contributed by atoms with Gasteiger partial charge in [0.05, 0.1) is 0 Å². The molecule has 1 aromatic heterocycles. The number of carboxylic acids is 1. The van der Waals surface area contributed by atoms with Crippen LogP contribution in [0.5, 0.6) is 0 Å². The minimum atomic E-state index is -0.706. The Bertz CT molecular complexity index is 322. The van der Waals surface area contributed by atoms with Gasteiger partial charge < -0.3 is 9.67 Å². The summed E-state index contributed by atoms with van der Waals surface area (Å²) in [5, 5.41) is 8.59. The SMILES string of the molecule is Cc1ccc(C)n1CC(C)CCC(=O)O. The molecule has 84 valence electrons. The van der Waals surface area contributed by atoms with Gasteiger partial charge in [0.25, 0.3) is 0 Å². The summed E-state index contributed by atoms with van der Waals surface area (Å²) in [6.07, 6.45) is 1.01. The van der Waals surface area contributed by atoms with Crippen LogP contribution < -0.4 is 0 Å². The van der Waals surface area contributed by atoms with Crippen molar-refractivity contribution in [3.05, 3.63) is 23.5 Å². The van der Waals surface area contributed by atoms with Crippen LogP contribution in [0, 0.1) is 19.8 Å². The number of rotatable bonds is 5. The zero-order chi connectivity index (χ0) is 11.4. The average Bonchev–Trinajstić information content (AvgIpc) is 2.46. The van der Waals surface area contributed by atoms with E-state index in [1.54, 1.807) is 0 Å². The third-order valence-corrected chi connectivity index (χ3v) is 2.76. The number of aromatic nitrogens is 1. The molecule has 0 saturated heterocycles. The lowest BCUT2D eigenvalue weighted by Gasteiger charge is -2.15. The lowest BCUT2D eigenvalue weighted by molar-refractivity contribution is -0.137. The molecule has 0 aliphatic carbocycles. The summed E-state index contributed by atoms with van der Waals surface area (Å²) >= 11 is 0. The molecule has 1 atom stereocenters. The van der Waals surface area contributed by atoms with E-state index in [4.69, 9.17) is 5.11 Å². The van der Waals surface area contributed by atoms with Gasteiger partial charge in [0, 0.05) is 24.4 Å². The van der Waals surface area contributed by atoms with Crippen LogP contribution in [0.2, 0.25) is 0 Å². The number of nitrogens with zero attached hydrogens (tertiary/aromatic N) is 1.